The first kappa shape index (κ1) is 12.6. The summed E-state index contributed by atoms with van der Waals surface area (Å²) in [5.74, 6) is -0.324. The second kappa shape index (κ2) is 5.23. The van der Waals surface area contributed by atoms with Gasteiger partial charge in [0, 0.05) is 16.0 Å². The van der Waals surface area contributed by atoms with Crippen molar-refractivity contribution >= 4 is 21.4 Å². The molecule has 1 aromatic carbocycles. The molecule has 0 radical (unpaired) electrons. The lowest BCUT2D eigenvalue weighted by molar-refractivity contribution is 0.0527. The Morgan fingerprint density at radius 2 is 2.00 bits per heavy atom. The smallest absolute Gasteiger partial charge is 0.345 e. The number of carbonyl (C=O) groups is 1. The maximum Gasteiger partial charge on any atom is 0.345 e. The molecule has 1 atom stereocenters. The maximum atomic E-state index is 11.8. The third kappa shape index (κ3) is 2.24. The van der Waals surface area contributed by atoms with Gasteiger partial charge in [-0.3, -0.25) is 0 Å². The number of aryl methyl sites for hydroxylation is 1. The molecule has 94 valence electrons. The standard InChI is InChI=1S/C14H15NO2S/c1-3-17-14(16)12-10(2)9-18(13(12)15)11-7-5-4-6-8-11/h4-9H,3H2,1-2H3,(H-,15,16)/p+1. The second-order valence-electron chi connectivity index (χ2n) is 3.91. The molecule has 0 bridgehead atoms. The average molecular weight is 262 g/mol. The lowest BCUT2D eigenvalue weighted by Gasteiger charge is -1.99. The molecule has 0 amide bonds. The highest BCUT2D eigenvalue weighted by atomic mass is 32.2. The molecule has 0 aliphatic heterocycles. The van der Waals surface area contributed by atoms with Crippen molar-refractivity contribution < 1.29 is 9.53 Å². The summed E-state index contributed by atoms with van der Waals surface area (Å²) >= 11 is 0. The first-order valence-electron chi connectivity index (χ1n) is 5.79. The van der Waals surface area contributed by atoms with Crippen molar-refractivity contribution in [3.8, 4) is 4.90 Å². The molecule has 0 aliphatic carbocycles. The number of ether oxygens (including phenoxy) is 1. The molecule has 4 heteroatoms. The van der Waals surface area contributed by atoms with Crippen LogP contribution in [0.2, 0.25) is 0 Å². The Morgan fingerprint density at radius 3 is 2.61 bits per heavy atom. The molecule has 0 saturated heterocycles. The Bertz CT molecular complexity index is 561. The summed E-state index contributed by atoms with van der Waals surface area (Å²) in [7, 11) is -0.325. The fourth-order valence-corrected chi connectivity index (χ4v) is 3.73. The second-order valence-corrected chi connectivity index (χ2v) is 5.73. The van der Waals surface area contributed by atoms with Crippen LogP contribution in [0.25, 0.3) is 4.90 Å². The fourth-order valence-electron chi connectivity index (χ4n) is 1.83. The maximum absolute atomic E-state index is 11.8. The Labute approximate surface area is 109 Å². The van der Waals surface area contributed by atoms with Crippen LogP contribution in [0, 0.1) is 6.92 Å². The van der Waals surface area contributed by atoms with Gasteiger partial charge in [0.05, 0.1) is 6.61 Å². The third-order valence-corrected chi connectivity index (χ3v) is 4.70. The number of nitrogen functional groups attached to an aromatic ring is 1. The predicted molar refractivity (Wildman–Crippen MR) is 75.4 cm³/mol. The summed E-state index contributed by atoms with van der Waals surface area (Å²) in [5, 5.41) is 2.65. The van der Waals surface area contributed by atoms with Crippen molar-refractivity contribution in [1.82, 2.24) is 0 Å². The fraction of sp³-hybridized carbons (Fsp3) is 0.214. The third-order valence-electron chi connectivity index (χ3n) is 2.65. The van der Waals surface area contributed by atoms with E-state index in [1.165, 1.54) is 0 Å². The van der Waals surface area contributed by atoms with Crippen LogP contribution < -0.4 is 5.73 Å². The number of hydrogen-bond donors (Lipinski definition) is 1. The average Bonchev–Trinajstić information content (AvgIpc) is 2.66. The van der Waals surface area contributed by atoms with Gasteiger partial charge in [0.15, 0.2) is 4.90 Å². The Hall–Kier alpha value is -1.81. The lowest BCUT2D eigenvalue weighted by Crippen LogP contribution is -2.07. The Kier molecular flexibility index (Phi) is 3.67. The zero-order valence-electron chi connectivity index (χ0n) is 10.5. The van der Waals surface area contributed by atoms with Crippen molar-refractivity contribution in [3.63, 3.8) is 0 Å². The minimum Gasteiger partial charge on any atom is -0.462 e. The molecule has 1 aromatic heterocycles. The minimum atomic E-state index is -0.325. The van der Waals surface area contributed by atoms with Crippen LogP contribution in [0.5, 0.6) is 0 Å². The van der Waals surface area contributed by atoms with Gasteiger partial charge >= 0.3 is 5.97 Å². The van der Waals surface area contributed by atoms with E-state index in [0.717, 1.165) is 10.5 Å². The van der Waals surface area contributed by atoms with E-state index in [1.807, 2.05) is 42.6 Å². The molecule has 0 aliphatic rings. The molecule has 3 nitrogen and oxygen atoms in total. The van der Waals surface area contributed by atoms with Crippen molar-refractivity contribution in [1.29, 1.82) is 0 Å². The summed E-state index contributed by atoms with van der Waals surface area (Å²) < 4.78 is 5.04. The van der Waals surface area contributed by atoms with Crippen LogP contribution >= 0.6 is 10.5 Å². The van der Waals surface area contributed by atoms with E-state index in [9.17, 15) is 4.79 Å². The summed E-state index contributed by atoms with van der Waals surface area (Å²) in [6.45, 7) is 4.05. The van der Waals surface area contributed by atoms with Gasteiger partial charge in [-0.2, -0.15) is 0 Å². The highest BCUT2D eigenvalue weighted by Crippen LogP contribution is 2.42. The van der Waals surface area contributed by atoms with E-state index in [-0.39, 0.29) is 16.4 Å². The van der Waals surface area contributed by atoms with Crippen LogP contribution in [-0.4, -0.2) is 12.6 Å². The van der Waals surface area contributed by atoms with Gasteiger partial charge in [-0.1, -0.05) is 18.2 Å². The summed E-state index contributed by atoms with van der Waals surface area (Å²) in [4.78, 5) is 13.0. The summed E-state index contributed by atoms with van der Waals surface area (Å²) in [5.41, 5.74) is 7.55. The van der Waals surface area contributed by atoms with Crippen LogP contribution in [0.4, 0.5) is 5.00 Å². The normalized spacial score (nSPS) is 11.3. The minimum absolute atomic E-state index is 0.324. The number of rotatable bonds is 3. The van der Waals surface area contributed by atoms with Crippen molar-refractivity contribution in [3.05, 3.63) is 46.8 Å². The van der Waals surface area contributed by atoms with E-state index in [2.05, 4.69) is 0 Å². The molecule has 2 aromatic rings. The van der Waals surface area contributed by atoms with Crippen molar-refractivity contribution in [2.45, 2.75) is 13.8 Å². The molecular formula is C14H16NO2S+. The zero-order valence-corrected chi connectivity index (χ0v) is 11.3. The number of carbonyl (C=O) groups excluding carboxylic acids is 1. The molecule has 0 spiro atoms. The predicted octanol–water partition coefficient (Wildman–Crippen LogP) is 3.49. The topological polar surface area (TPSA) is 52.3 Å². The molecule has 1 unspecified atom stereocenters. The van der Waals surface area contributed by atoms with Crippen LogP contribution in [0.3, 0.4) is 0 Å². The van der Waals surface area contributed by atoms with E-state index in [0.29, 0.717) is 17.2 Å². The van der Waals surface area contributed by atoms with Gasteiger partial charge < -0.3 is 10.5 Å². The SMILES string of the molecule is CCOC(=O)c1c(C)c[s+](-c2ccccc2)c1N. The zero-order chi connectivity index (χ0) is 13.1. The van der Waals surface area contributed by atoms with Crippen LogP contribution in [0.15, 0.2) is 35.7 Å². The van der Waals surface area contributed by atoms with Gasteiger partial charge in [-0.25, -0.2) is 4.79 Å². The Morgan fingerprint density at radius 1 is 1.33 bits per heavy atom. The van der Waals surface area contributed by atoms with Gasteiger partial charge in [0.1, 0.15) is 10.9 Å². The Balaban J connectivity index is 2.47. The molecule has 0 saturated carbocycles. The largest absolute Gasteiger partial charge is 0.462 e. The number of benzene rings is 1. The first-order chi connectivity index (χ1) is 8.65. The van der Waals surface area contributed by atoms with E-state index in [4.69, 9.17) is 10.5 Å². The summed E-state index contributed by atoms with van der Waals surface area (Å²) in [6.07, 6.45) is 0. The molecule has 2 N–H and O–H groups in total. The van der Waals surface area contributed by atoms with Gasteiger partial charge in [-0.15, -0.1) is 0 Å². The molecule has 18 heavy (non-hydrogen) atoms. The molecule has 1 heterocycles. The lowest BCUT2D eigenvalue weighted by atomic mass is 10.2. The van der Waals surface area contributed by atoms with Gasteiger partial charge in [0.25, 0.3) is 5.00 Å². The molecule has 2 rings (SSSR count). The summed E-state index contributed by atoms with van der Waals surface area (Å²) in [6, 6.07) is 9.95. The van der Waals surface area contributed by atoms with Crippen LogP contribution in [0.1, 0.15) is 22.8 Å². The van der Waals surface area contributed by atoms with Gasteiger partial charge in [0.2, 0.25) is 0 Å². The monoisotopic (exact) mass is 262 g/mol. The van der Waals surface area contributed by atoms with Crippen molar-refractivity contribution in [2.75, 3.05) is 12.3 Å². The number of esters is 1. The number of nitrogens with two attached hydrogens (primary N) is 1. The van der Waals surface area contributed by atoms with Gasteiger partial charge in [-0.05, 0) is 26.0 Å². The number of anilines is 1. The van der Waals surface area contributed by atoms with E-state index in [1.54, 1.807) is 6.92 Å². The van der Waals surface area contributed by atoms with E-state index < -0.39 is 0 Å². The quantitative estimate of drug-likeness (QED) is 0.680. The molecule has 0 fully saturated rings. The first-order valence-corrected chi connectivity index (χ1v) is 7.07. The number of thiophene rings is 1. The number of hydrogen-bond acceptors (Lipinski definition) is 3. The highest BCUT2D eigenvalue weighted by Gasteiger charge is 2.28. The molecular weight excluding hydrogens is 246 g/mol. The highest BCUT2D eigenvalue weighted by molar-refractivity contribution is 7.41. The van der Waals surface area contributed by atoms with E-state index >= 15 is 0 Å². The van der Waals surface area contributed by atoms with Crippen LogP contribution in [-0.2, 0) is 4.74 Å². The van der Waals surface area contributed by atoms with Crippen molar-refractivity contribution in [2.24, 2.45) is 0 Å².